The molecule has 0 fully saturated rings. The number of benzene rings is 1. The second kappa shape index (κ2) is 5.75. The first kappa shape index (κ1) is 12.0. The molecule has 84 valence electrons. The van der Waals surface area contributed by atoms with Gasteiger partial charge in [0.25, 0.3) is 0 Å². The van der Waals surface area contributed by atoms with Gasteiger partial charge in [-0.2, -0.15) is 0 Å². The molecule has 3 nitrogen and oxygen atoms in total. The topological polar surface area (TPSA) is 61.9 Å². The van der Waals surface area contributed by atoms with E-state index < -0.39 is 0 Å². The summed E-state index contributed by atoms with van der Waals surface area (Å²) in [6.45, 7) is 7.58. The number of nitrogens with one attached hydrogen (secondary N) is 2. The van der Waals surface area contributed by atoms with Crippen LogP contribution >= 0.6 is 0 Å². The molecule has 0 aromatic heterocycles. The quantitative estimate of drug-likeness (QED) is 0.388. The van der Waals surface area contributed by atoms with Crippen molar-refractivity contribution in [3.63, 3.8) is 0 Å². The Morgan fingerprint density at radius 1 is 1.38 bits per heavy atom. The van der Waals surface area contributed by atoms with Crippen LogP contribution in [0.1, 0.15) is 18.4 Å². The van der Waals surface area contributed by atoms with Gasteiger partial charge in [0.15, 0.2) is 0 Å². The molecule has 0 saturated carbocycles. The molecule has 3 heteroatoms. The van der Waals surface area contributed by atoms with E-state index in [9.17, 15) is 0 Å². The van der Waals surface area contributed by atoms with Gasteiger partial charge < -0.3 is 11.1 Å². The molecule has 0 saturated heterocycles. The van der Waals surface area contributed by atoms with Crippen molar-refractivity contribution in [1.82, 2.24) is 0 Å². The maximum Gasteiger partial charge on any atom is 0.122 e. The Morgan fingerprint density at radius 3 is 2.50 bits per heavy atom. The molecule has 1 rings (SSSR count). The van der Waals surface area contributed by atoms with Crippen LogP contribution in [-0.4, -0.2) is 5.84 Å². The molecule has 0 aliphatic heterocycles. The molecule has 0 bridgehead atoms. The monoisotopic (exact) mass is 215 g/mol. The third-order valence-corrected chi connectivity index (χ3v) is 2.17. The molecule has 0 amide bonds. The van der Waals surface area contributed by atoms with E-state index in [1.165, 1.54) is 0 Å². The number of anilines is 1. The summed E-state index contributed by atoms with van der Waals surface area (Å²) in [6, 6.07) is 7.39. The predicted octanol–water partition coefficient (Wildman–Crippen LogP) is 2.86. The molecular formula is C13H17N3. The third-order valence-electron chi connectivity index (χ3n) is 2.17. The lowest BCUT2D eigenvalue weighted by Crippen LogP contribution is -2.10. The Bertz CT molecular complexity index is 390. The largest absolute Gasteiger partial charge is 0.384 e. The zero-order chi connectivity index (χ0) is 12.0. The normalized spacial score (nSPS) is 9.50. The summed E-state index contributed by atoms with van der Waals surface area (Å²) < 4.78 is 0. The summed E-state index contributed by atoms with van der Waals surface area (Å²) in [5.41, 5.74) is 8.00. The van der Waals surface area contributed by atoms with E-state index >= 15 is 0 Å². The van der Waals surface area contributed by atoms with Crippen LogP contribution in [0.2, 0.25) is 0 Å². The lowest BCUT2D eigenvalue weighted by molar-refractivity contribution is 0.991. The number of nitrogen functional groups attached to an aromatic ring is 1. The van der Waals surface area contributed by atoms with E-state index in [0.717, 1.165) is 29.8 Å². The first-order valence-electron chi connectivity index (χ1n) is 5.13. The molecule has 16 heavy (non-hydrogen) atoms. The highest BCUT2D eigenvalue weighted by Crippen LogP contribution is 2.13. The molecule has 1 aromatic carbocycles. The fourth-order valence-corrected chi connectivity index (χ4v) is 1.28. The fourth-order valence-electron chi connectivity index (χ4n) is 1.28. The highest BCUT2D eigenvalue weighted by atomic mass is 14.9. The Hall–Kier alpha value is -2.03. The SMILES string of the molecule is C=CCCC(=C)Nc1ccc(C(=N)N)cc1. The minimum Gasteiger partial charge on any atom is -0.384 e. The average molecular weight is 215 g/mol. The van der Waals surface area contributed by atoms with Crippen LogP contribution in [0.25, 0.3) is 0 Å². The van der Waals surface area contributed by atoms with E-state index in [1.54, 1.807) is 0 Å². The van der Waals surface area contributed by atoms with Gasteiger partial charge in [0.1, 0.15) is 5.84 Å². The van der Waals surface area contributed by atoms with Gasteiger partial charge in [0.05, 0.1) is 0 Å². The molecule has 0 unspecified atom stereocenters. The first-order valence-corrected chi connectivity index (χ1v) is 5.13. The molecule has 0 aliphatic carbocycles. The summed E-state index contributed by atoms with van der Waals surface area (Å²) in [7, 11) is 0. The van der Waals surface area contributed by atoms with Crippen molar-refractivity contribution in [2.45, 2.75) is 12.8 Å². The second-order valence-electron chi connectivity index (χ2n) is 3.55. The van der Waals surface area contributed by atoms with Gasteiger partial charge in [-0.3, -0.25) is 5.41 Å². The van der Waals surface area contributed by atoms with Crippen LogP contribution in [0.15, 0.2) is 49.2 Å². The maximum atomic E-state index is 7.27. The minimum absolute atomic E-state index is 0.0806. The van der Waals surface area contributed by atoms with Crippen molar-refractivity contribution in [3.05, 3.63) is 54.8 Å². The third kappa shape index (κ3) is 3.61. The number of hydrogen-bond donors (Lipinski definition) is 3. The van der Waals surface area contributed by atoms with Crippen molar-refractivity contribution in [3.8, 4) is 0 Å². The van der Waals surface area contributed by atoms with E-state index in [0.29, 0.717) is 0 Å². The molecule has 0 atom stereocenters. The molecule has 1 aromatic rings. The van der Waals surface area contributed by atoms with Gasteiger partial charge in [0, 0.05) is 16.9 Å². The van der Waals surface area contributed by atoms with Gasteiger partial charge in [-0.05, 0) is 37.1 Å². The number of nitrogens with two attached hydrogens (primary N) is 1. The van der Waals surface area contributed by atoms with Crippen LogP contribution in [-0.2, 0) is 0 Å². The van der Waals surface area contributed by atoms with E-state index in [-0.39, 0.29) is 5.84 Å². The standard InChI is InChI=1S/C13H17N3/c1-3-4-5-10(2)16-12-8-6-11(7-9-12)13(14)15/h3,6-9,16H,1-2,4-5H2,(H3,14,15). The lowest BCUT2D eigenvalue weighted by Gasteiger charge is -2.09. The Balaban J connectivity index is 2.58. The summed E-state index contributed by atoms with van der Waals surface area (Å²) in [5.74, 6) is 0.0806. The highest BCUT2D eigenvalue weighted by Gasteiger charge is 1.97. The van der Waals surface area contributed by atoms with Gasteiger partial charge in [0.2, 0.25) is 0 Å². The van der Waals surface area contributed by atoms with Gasteiger partial charge in [-0.25, -0.2) is 0 Å². The first-order chi connectivity index (χ1) is 7.63. The summed E-state index contributed by atoms with van der Waals surface area (Å²) in [4.78, 5) is 0. The van der Waals surface area contributed by atoms with Gasteiger partial charge >= 0.3 is 0 Å². The second-order valence-corrected chi connectivity index (χ2v) is 3.55. The number of rotatable bonds is 6. The molecular weight excluding hydrogens is 198 g/mol. The van der Waals surface area contributed by atoms with Crippen LogP contribution in [0, 0.1) is 5.41 Å². The molecule has 0 radical (unpaired) electrons. The summed E-state index contributed by atoms with van der Waals surface area (Å²) in [6.07, 6.45) is 3.65. The number of allylic oxidation sites excluding steroid dienone is 2. The minimum atomic E-state index is 0.0806. The van der Waals surface area contributed by atoms with Crippen LogP contribution in [0.3, 0.4) is 0 Å². The summed E-state index contributed by atoms with van der Waals surface area (Å²) in [5, 5.41) is 10.5. The van der Waals surface area contributed by atoms with Crippen molar-refractivity contribution in [2.24, 2.45) is 5.73 Å². The van der Waals surface area contributed by atoms with E-state index in [2.05, 4.69) is 18.5 Å². The smallest absolute Gasteiger partial charge is 0.122 e. The van der Waals surface area contributed by atoms with Crippen molar-refractivity contribution >= 4 is 11.5 Å². The zero-order valence-corrected chi connectivity index (χ0v) is 9.29. The van der Waals surface area contributed by atoms with E-state index in [1.807, 2.05) is 30.3 Å². The molecule has 4 N–H and O–H groups in total. The van der Waals surface area contributed by atoms with Crippen molar-refractivity contribution in [1.29, 1.82) is 5.41 Å². The molecule has 0 heterocycles. The Kier molecular flexibility index (Phi) is 4.33. The van der Waals surface area contributed by atoms with Crippen molar-refractivity contribution < 1.29 is 0 Å². The average Bonchev–Trinajstić information content (AvgIpc) is 2.27. The van der Waals surface area contributed by atoms with Gasteiger partial charge in [-0.1, -0.05) is 12.7 Å². The zero-order valence-electron chi connectivity index (χ0n) is 9.29. The molecule has 0 aliphatic rings. The number of amidine groups is 1. The predicted molar refractivity (Wildman–Crippen MR) is 69.7 cm³/mol. The van der Waals surface area contributed by atoms with Crippen LogP contribution in [0.4, 0.5) is 5.69 Å². The highest BCUT2D eigenvalue weighted by molar-refractivity contribution is 5.95. The summed E-state index contributed by atoms with van der Waals surface area (Å²) >= 11 is 0. The Labute approximate surface area is 96.2 Å². The lowest BCUT2D eigenvalue weighted by atomic mass is 10.2. The number of hydrogen-bond acceptors (Lipinski definition) is 2. The Morgan fingerprint density at radius 2 is 2.00 bits per heavy atom. The van der Waals surface area contributed by atoms with Gasteiger partial charge in [-0.15, -0.1) is 6.58 Å². The maximum absolute atomic E-state index is 7.27. The van der Waals surface area contributed by atoms with Crippen LogP contribution in [0.5, 0.6) is 0 Å². The fraction of sp³-hybridized carbons (Fsp3) is 0.154. The molecule has 0 spiro atoms. The van der Waals surface area contributed by atoms with E-state index in [4.69, 9.17) is 11.1 Å². The van der Waals surface area contributed by atoms with Crippen molar-refractivity contribution in [2.75, 3.05) is 5.32 Å². The van der Waals surface area contributed by atoms with Crippen LogP contribution < -0.4 is 11.1 Å².